The van der Waals surface area contributed by atoms with Gasteiger partial charge in [0.1, 0.15) is 0 Å². The summed E-state index contributed by atoms with van der Waals surface area (Å²) in [5.41, 5.74) is 0.291. The highest BCUT2D eigenvalue weighted by Gasteiger charge is 2.51. The highest BCUT2D eigenvalue weighted by atomic mass is 16.3. The zero-order valence-electron chi connectivity index (χ0n) is 11.9. The van der Waals surface area contributed by atoms with E-state index in [0.717, 1.165) is 19.3 Å². The Morgan fingerprint density at radius 3 is 2.47 bits per heavy atom. The summed E-state index contributed by atoms with van der Waals surface area (Å²) in [5.74, 6) is 1.50. The lowest BCUT2D eigenvalue weighted by Gasteiger charge is -2.45. The Hall–Kier alpha value is -0.0800. The molecule has 2 fully saturated rings. The summed E-state index contributed by atoms with van der Waals surface area (Å²) in [4.78, 5) is 0. The first kappa shape index (κ1) is 15.0. The third kappa shape index (κ3) is 2.68. The van der Waals surface area contributed by atoms with Crippen molar-refractivity contribution in [2.45, 2.75) is 65.9 Å². The number of aliphatic hydroxyl groups excluding tert-OH is 2. The van der Waals surface area contributed by atoms with E-state index in [2.05, 4.69) is 13.8 Å². The molecule has 0 heterocycles. The summed E-state index contributed by atoms with van der Waals surface area (Å²) in [5, 5.41) is 19.4. The highest BCUT2D eigenvalue weighted by Crippen LogP contribution is 2.57. The van der Waals surface area contributed by atoms with Crippen LogP contribution in [-0.4, -0.2) is 22.9 Å². The Bertz CT molecular complexity index is 229. The van der Waals surface area contributed by atoms with E-state index >= 15 is 0 Å². The Balaban J connectivity index is 0.000000686. The summed E-state index contributed by atoms with van der Waals surface area (Å²) >= 11 is 0. The fourth-order valence-electron chi connectivity index (χ4n) is 4.25. The first-order valence-corrected chi connectivity index (χ1v) is 7.38. The lowest BCUT2D eigenvalue weighted by Crippen LogP contribution is -2.41. The van der Waals surface area contributed by atoms with Crippen molar-refractivity contribution in [1.29, 1.82) is 0 Å². The largest absolute Gasteiger partial charge is 0.396 e. The molecule has 102 valence electrons. The van der Waals surface area contributed by atoms with E-state index in [0.29, 0.717) is 29.8 Å². The van der Waals surface area contributed by atoms with Crippen molar-refractivity contribution in [2.24, 2.45) is 23.2 Å². The Kier molecular flexibility index (Phi) is 5.46. The maximum atomic E-state index is 10.1. The predicted molar refractivity (Wildman–Crippen MR) is 71.8 cm³/mol. The quantitative estimate of drug-likeness (QED) is 0.780. The predicted octanol–water partition coefficient (Wildman–Crippen LogP) is 3.22. The molecular weight excluding hydrogens is 212 g/mol. The molecule has 2 rings (SSSR count). The average Bonchev–Trinajstić information content (AvgIpc) is 2.69. The van der Waals surface area contributed by atoms with Crippen molar-refractivity contribution < 1.29 is 10.2 Å². The van der Waals surface area contributed by atoms with Gasteiger partial charge in [0.25, 0.3) is 0 Å². The molecular formula is C15H30O2. The van der Waals surface area contributed by atoms with Crippen LogP contribution in [0.5, 0.6) is 0 Å². The van der Waals surface area contributed by atoms with E-state index in [1.807, 2.05) is 13.8 Å². The fraction of sp³-hybridized carbons (Fsp3) is 1.00. The van der Waals surface area contributed by atoms with Crippen LogP contribution in [-0.2, 0) is 0 Å². The van der Waals surface area contributed by atoms with Gasteiger partial charge in [0.15, 0.2) is 0 Å². The van der Waals surface area contributed by atoms with Gasteiger partial charge in [0.05, 0.1) is 6.10 Å². The van der Waals surface area contributed by atoms with Crippen molar-refractivity contribution in [3.05, 3.63) is 0 Å². The SMILES string of the molecule is CC.CC(CO)C1CC[C@H]2[C@@H](O)CCC[C@]12C. The second-order valence-corrected chi connectivity index (χ2v) is 5.92. The molecule has 0 aromatic carbocycles. The molecule has 2 heteroatoms. The Morgan fingerprint density at radius 1 is 1.24 bits per heavy atom. The summed E-state index contributed by atoms with van der Waals surface area (Å²) in [6.07, 6.45) is 5.65. The Labute approximate surface area is 106 Å². The lowest BCUT2D eigenvalue weighted by atomic mass is 9.62. The van der Waals surface area contributed by atoms with Gasteiger partial charge in [-0.1, -0.05) is 34.1 Å². The molecule has 0 saturated heterocycles. The van der Waals surface area contributed by atoms with Gasteiger partial charge in [-0.2, -0.15) is 0 Å². The molecule has 2 nitrogen and oxygen atoms in total. The molecule has 0 aliphatic heterocycles. The highest BCUT2D eigenvalue weighted by molar-refractivity contribution is 5.01. The molecule has 5 atom stereocenters. The lowest BCUT2D eigenvalue weighted by molar-refractivity contribution is -0.0321. The first-order valence-electron chi connectivity index (χ1n) is 7.38. The van der Waals surface area contributed by atoms with Crippen LogP contribution in [0.3, 0.4) is 0 Å². The topological polar surface area (TPSA) is 40.5 Å². The number of hydrogen-bond donors (Lipinski definition) is 2. The van der Waals surface area contributed by atoms with Crippen LogP contribution in [0.4, 0.5) is 0 Å². The molecule has 2 aliphatic rings. The molecule has 2 aliphatic carbocycles. The third-order valence-corrected chi connectivity index (χ3v) is 5.14. The van der Waals surface area contributed by atoms with Crippen molar-refractivity contribution in [1.82, 2.24) is 0 Å². The van der Waals surface area contributed by atoms with Gasteiger partial charge < -0.3 is 10.2 Å². The molecule has 2 unspecified atom stereocenters. The summed E-state index contributed by atoms with van der Waals surface area (Å²) in [6.45, 7) is 8.78. The van der Waals surface area contributed by atoms with Crippen LogP contribution in [0.2, 0.25) is 0 Å². The summed E-state index contributed by atoms with van der Waals surface area (Å²) in [7, 11) is 0. The van der Waals surface area contributed by atoms with Crippen molar-refractivity contribution >= 4 is 0 Å². The van der Waals surface area contributed by atoms with Gasteiger partial charge in [-0.25, -0.2) is 0 Å². The maximum absolute atomic E-state index is 10.1. The molecule has 0 spiro atoms. The average molecular weight is 242 g/mol. The summed E-state index contributed by atoms with van der Waals surface area (Å²) in [6, 6.07) is 0. The standard InChI is InChI=1S/C13H24O2.C2H6/c1-9(8-14)10-5-6-11-12(15)4-3-7-13(10,11)2;1-2/h9-12,14-15H,3-8H2,1-2H3;1-2H3/t9?,10?,11-,12-,13+;/m0./s1. The second kappa shape index (κ2) is 6.19. The summed E-state index contributed by atoms with van der Waals surface area (Å²) < 4.78 is 0. The minimum absolute atomic E-state index is 0.0837. The normalized spacial score (nSPS) is 42.4. The van der Waals surface area contributed by atoms with Gasteiger partial charge >= 0.3 is 0 Å². The van der Waals surface area contributed by atoms with E-state index < -0.39 is 0 Å². The molecule has 0 aromatic heterocycles. The van der Waals surface area contributed by atoms with Gasteiger partial charge in [-0.05, 0) is 48.9 Å². The Morgan fingerprint density at radius 2 is 1.88 bits per heavy atom. The van der Waals surface area contributed by atoms with Crippen LogP contribution < -0.4 is 0 Å². The van der Waals surface area contributed by atoms with Crippen molar-refractivity contribution in [2.75, 3.05) is 6.61 Å². The first-order chi connectivity index (χ1) is 8.09. The third-order valence-electron chi connectivity index (χ3n) is 5.14. The van der Waals surface area contributed by atoms with Crippen molar-refractivity contribution in [3.8, 4) is 0 Å². The van der Waals surface area contributed by atoms with Crippen LogP contribution in [0, 0.1) is 23.2 Å². The van der Waals surface area contributed by atoms with Crippen molar-refractivity contribution in [3.63, 3.8) is 0 Å². The van der Waals surface area contributed by atoms with Gasteiger partial charge in [0, 0.05) is 6.61 Å². The van der Waals surface area contributed by atoms with E-state index in [-0.39, 0.29) is 6.10 Å². The monoisotopic (exact) mass is 242 g/mol. The van der Waals surface area contributed by atoms with Crippen LogP contribution in [0.25, 0.3) is 0 Å². The van der Waals surface area contributed by atoms with E-state index in [4.69, 9.17) is 0 Å². The molecule has 0 amide bonds. The minimum atomic E-state index is -0.0837. The molecule has 0 aromatic rings. The molecule has 2 N–H and O–H groups in total. The van der Waals surface area contributed by atoms with Gasteiger partial charge in [-0.3, -0.25) is 0 Å². The van der Waals surface area contributed by atoms with E-state index in [9.17, 15) is 10.2 Å². The maximum Gasteiger partial charge on any atom is 0.0573 e. The van der Waals surface area contributed by atoms with E-state index in [1.54, 1.807) is 0 Å². The molecule has 17 heavy (non-hydrogen) atoms. The second-order valence-electron chi connectivity index (χ2n) is 5.92. The van der Waals surface area contributed by atoms with Crippen LogP contribution >= 0.6 is 0 Å². The molecule has 2 saturated carbocycles. The number of rotatable bonds is 2. The zero-order valence-corrected chi connectivity index (χ0v) is 11.9. The molecule has 0 radical (unpaired) electrons. The van der Waals surface area contributed by atoms with Gasteiger partial charge in [0.2, 0.25) is 0 Å². The van der Waals surface area contributed by atoms with E-state index in [1.165, 1.54) is 12.8 Å². The fourth-order valence-corrected chi connectivity index (χ4v) is 4.25. The zero-order chi connectivity index (χ0) is 13.1. The number of fused-ring (bicyclic) bond motifs is 1. The smallest absolute Gasteiger partial charge is 0.0573 e. The number of hydrogen-bond acceptors (Lipinski definition) is 2. The number of aliphatic hydroxyl groups is 2. The van der Waals surface area contributed by atoms with Gasteiger partial charge in [-0.15, -0.1) is 0 Å². The minimum Gasteiger partial charge on any atom is -0.396 e. The van der Waals surface area contributed by atoms with Crippen LogP contribution in [0.15, 0.2) is 0 Å². The van der Waals surface area contributed by atoms with Crippen LogP contribution in [0.1, 0.15) is 59.8 Å². The molecule has 0 bridgehead atoms.